The summed E-state index contributed by atoms with van der Waals surface area (Å²) in [5.41, 5.74) is 3.99. The summed E-state index contributed by atoms with van der Waals surface area (Å²) in [4.78, 5) is 19.6. The zero-order valence-electron chi connectivity index (χ0n) is 19.9. The first kappa shape index (κ1) is 23.3. The molecule has 0 aliphatic carbocycles. The Hall–Kier alpha value is -4.46. The maximum atomic E-state index is 13.4. The molecule has 1 N–H and O–H groups in total. The SMILES string of the molecule is COc1cccc(C2NC(=O)N(CCc3ccccc3)C(C)=C2c2nc(-c3ccc(F)cc3)no2)c1. The van der Waals surface area contributed by atoms with Crippen molar-refractivity contribution in [2.75, 3.05) is 13.7 Å². The molecule has 3 aromatic carbocycles. The lowest BCUT2D eigenvalue weighted by atomic mass is 9.94. The molecule has 1 unspecified atom stereocenters. The Morgan fingerprint density at radius 3 is 2.58 bits per heavy atom. The van der Waals surface area contributed by atoms with Gasteiger partial charge in [0, 0.05) is 17.8 Å². The van der Waals surface area contributed by atoms with E-state index in [-0.39, 0.29) is 17.7 Å². The lowest BCUT2D eigenvalue weighted by molar-refractivity contribution is 0.205. The Bertz CT molecular complexity index is 1400. The van der Waals surface area contributed by atoms with E-state index in [2.05, 4.69) is 15.5 Å². The van der Waals surface area contributed by atoms with E-state index in [1.807, 2.05) is 61.5 Å². The van der Waals surface area contributed by atoms with Crippen LogP contribution in [0.15, 0.2) is 89.1 Å². The molecule has 0 bridgehead atoms. The molecule has 7 nitrogen and oxygen atoms in total. The number of nitrogens with zero attached hydrogens (tertiary/aromatic N) is 3. The van der Waals surface area contributed by atoms with Crippen molar-refractivity contribution in [1.82, 2.24) is 20.4 Å². The van der Waals surface area contributed by atoms with Crippen molar-refractivity contribution in [3.63, 3.8) is 0 Å². The van der Waals surface area contributed by atoms with E-state index in [0.29, 0.717) is 35.7 Å². The second-order valence-electron chi connectivity index (χ2n) is 8.48. The summed E-state index contributed by atoms with van der Waals surface area (Å²) in [7, 11) is 1.60. The lowest BCUT2D eigenvalue weighted by Crippen LogP contribution is -2.46. The van der Waals surface area contributed by atoms with Gasteiger partial charge in [-0.25, -0.2) is 9.18 Å². The van der Waals surface area contributed by atoms with Gasteiger partial charge in [-0.2, -0.15) is 4.98 Å². The quantitative estimate of drug-likeness (QED) is 0.368. The van der Waals surface area contributed by atoms with Crippen molar-refractivity contribution in [3.8, 4) is 17.1 Å². The van der Waals surface area contributed by atoms with Crippen molar-refractivity contribution < 1.29 is 18.4 Å². The summed E-state index contributed by atoms with van der Waals surface area (Å²) in [5, 5.41) is 7.23. The van der Waals surface area contributed by atoms with Crippen LogP contribution in [0.25, 0.3) is 17.0 Å². The molecule has 8 heteroatoms. The van der Waals surface area contributed by atoms with Crippen molar-refractivity contribution in [2.24, 2.45) is 0 Å². The van der Waals surface area contributed by atoms with Gasteiger partial charge in [-0.1, -0.05) is 47.6 Å². The molecule has 36 heavy (non-hydrogen) atoms. The lowest BCUT2D eigenvalue weighted by Gasteiger charge is -2.35. The van der Waals surface area contributed by atoms with E-state index in [9.17, 15) is 9.18 Å². The van der Waals surface area contributed by atoms with Crippen molar-refractivity contribution in [3.05, 3.63) is 107 Å². The second-order valence-corrected chi connectivity index (χ2v) is 8.48. The van der Waals surface area contributed by atoms with Gasteiger partial charge >= 0.3 is 6.03 Å². The van der Waals surface area contributed by atoms with Gasteiger partial charge in [-0.15, -0.1) is 0 Å². The number of allylic oxidation sites excluding steroid dienone is 1. The normalized spacial score (nSPS) is 15.7. The van der Waals surface area contributed by atoms with Crippen molar-refractivity contribution in [1.29, 1.82) is 0 Å². The number of hydrogen-bond donors (Lipinski definition) is 1. The Morgan fingerprint density at radius 1 is 1.06 bits per heavy atom. The van der Waals surface area contributed by atoms with Gasteiger partial charge in [0.15, 0.2) is 0 Å². The van der Waals surface area contributed by atoms with Gasteiger partial charge in [-0.3, -0.25) is 4.90 Å². The number of benzene rings is 3. The summed E-state index contributed by atoms with van der Waals surface area (Å²) < 4.78 is 24.5. The zero-order valence-corrected chi connectivity index (χ0v) is 19.9. The van der Waals surface area contributed by atoms with E-state index in [4.69, 9.17) is 9.26 Å². The molecule has 0 fully saturated rings. The predicted molar refractivity (Wildman–Crippen MR) is 133 cm³/mol. The molecule has 1 aliphatic heterocycles. The van der Waals surface area contributed by atoms with Crippen molar-refractivity contribution >= 4 is 11.6 Å². The molecule has 1 aromatic heterocycles. The summed E-state index contributed by atoms with van der Waals surface area (Å²) in [6, 6.07) is 22.6. The van der Waals surface area contributed by atoms with Gasteiger partial charge < -0.3 is 14.6 Å². The van der Waals surface area contributed by atoms with E-state index >= 15 is 0 Å². The maximum absolute atomic E-state index is 13.4. The van der Waals surface area contributed by atoms with Crippen LogP contribution >= 0.6 is 0 Å². The first-order valence-electron chi connectivity index (χ1n) is 11.6. The summed E-state index contributed by atoms with van der Waals surface area (Å²) in [5.74, 6) is 0.942. The Kier molecular flexibility index (Phi) is 6.49. The number of carbonyl (C=O) groups excluding carboxylic acids is 1. The molecule has 2 heterocycles. The molecule has 1 aliphatic rings. The van der Waals surface area contributed by atoms with Gasteiger partial charge in [0.1, 0.15) is 11.6 Å². The van der Waals surface area contributed by atoms with E-state index in [0.717, 1.165) is 16.8 Å². The average Bonchev–Trinajstić information content (AvgIpc) is 3.39. The Morgan fingerprint density at radius 2 is 1.83 bits per heavy atom. The summed E-state index contributed by atoms with van der Waals surface area (Å²) in [6.45, 7) is 2.36. The minimum atomic E-state index is -0.526. The molecular formula is C28H25FN4O3. The third kappa shape index (κ3) is 4.70. The van der Waals surface area contributed by atoms with E-state index in [1.165, 1.54) is 12.1 Å². The number of urea groups is 1. The van der Waals surface area contributed by atoms with Crippen molar-refractivity contribution in [2.45, 2.75) is 19.4 Å². The molecule has 182 valence electrons. The van der Waals surface area contributed by atoms with Gasteiger partial charge in [-0.05, 0) is 60.9 Å². The second kappa shape index (κ2) is 10.0. The van der Waals surface area contributed by atoms with Gasteiger partial charge in [0.25, 0.3) is 5.89 Å². The van der Waals surface area contributed by atoms with Gasteiger partial charge in [0.2, 0.25) is 5.82 Å². The number of methoxy groups -OCH3 is 1. The van der Waals surface area contributed by atoms with Crippen LogP contribution in [-0.4, -0.2) is 34.7 Å². The van der Waals surface area contributed by atoms with Crippen LogP contribution < -0.4 is 10.1 Å². The Balaban J connectivity index is 1.55. The third-order valence-electron chi connectivity index (χ3n) is 6.25. The molecular weight excluding hydrogens is 459 g/mol. The highest BCUT2D eigenvalue weighted by Crippen LogP contribution is 2.38. The van der Waals surface area contributed by atoms with Crippen LogP contribution in [0.5, 0.6) is 5.75 Å². The molecule has 0 saturated heterocycles. The van der Waals surface area contributed by atoms with Crippen LogP contribution in [0.3, 0.4) is 0 Å². The first-order valence-corrected chi connectivity index (χ1v) is 11.6. The monoisotopic (exact) mass is 484 g/mol. The summed E-state index contributed by atoms with van der Waals surface area (Å²) >= 11 is 0. The van der Waals surface area contributed by atoms with Crippen LogP contribution in [0.1, 0.15) is 30.0 Å². The average molecular weight is 485 g/mol. The largest absolute Gasteiger partial charge is 0.497 e. The molecule has 0 radical (unpaired) electrons. The number of halogens is 1. The number of aromatic nitrogens is 2. The topological polar surface area (TPSA) is 80.5 Å². The molecule has 5 rings (SSSR count). The van der Waals surface area contributed by atoms with Crippen LogP contribution in [-0.2, 0) is 6.42 Å². The molecule has 4 aromatic rings. The number of ether oxygens (including phenoxy) is 1. The smallest absolute Gasteiger partial charge is 0.322 e. The van der Waals surface area contributed by atoms with Crippen LogP contribution in [0.4, 0.5) is 9.18 Å². The van der Waals surface area contributed by atoms with Crippen LogP contribution in [0.2, 0.25) is 0 Å². The first-order chi connectivity index (χ1) is 17.5. The van der Waals surface area contributed by atoms with E-state index < -0.39 is 6.04 Å². The zero-order chi connectivity index (χ0) is 25.1. The number of amides is 2. The number of rotatable bonds is 7. The summed E-state index contributed by atoms with van der Waals surface area (Å²) in [6.07, 6.45) is 0.688. The molecule has 2 amide bonds. The predicted octanol–water partition coefficient (Wildman–Crippen LogP) is 5.62. The van der Waals surface area contributed by atoms with E-state index in [1.54, 1.807) is 24.1 Å². The standard InChI is InChI=1S/C28H25FN4O3/c1-18-24(27-31-26(32-36-27)20-11-13-22(29)14-12-20)25(21-9-6-10-23(17-21)35-2)30-28(34)33(18)16-15-19-7-4-3-5-8-19/h3-14,17,25H,15-16H2,1-2H3,(H,30,34). The molecule has 0 saturated carbocycles. The number of carbonyl (C=O) groups is 1. The third-order valence-corrected chi connectivity index (χ3v) is 6.25. The maximum Gasteiger partial charge on any atom is 0.322 e. The number of nitrogens with one attached hydrogen (secondary N) is 1. The molecule has 0 spiro atoms. The number of hydrogen-bond acceptors (Lipinski definition) is 5. The fraction of sp³-hybridized carbons (Fsp3) is 0.179. The highest BCUT2D eigenvalue weighted by molar-refractivity contribution is 5.87. The fourth-order valence-corrected chi connectivity index (χ4v) is 4.33. The minimum Gasteiger partial charge on any atom is -0.497 e. The minimum absolute atomic E-state index is 0.210. The Labute approximate surface area is 208 Å². The van der Waals surface area contributed by atoms with Gasteiger partial charge in [0.05, 0.1) is 18.7 Å². The molecule has 1 atom stereocenters. The highest BCUT2D eigenvalue weighted by Gasteiger charge is 2.35. The van der Waals surface area contributed by atoms with Crippen LogP contribution in [0, 0.1) is 5.82 Å². The fourth-order valence-electron chi connectivity index (χ4n) is 4.33. The highest BCUT2D eigenvalue weighted by atomic mass is 19.1.